The lowest BCUT2D eigenvalue weighted by Crippen LogP contribution is -2.10. The Balaban J connectivity index is 1.23. The van der Waals surface area contributed by atoms with Gasteiger partial charge in [0, 0.05) is 6.08 Å². The first-order valence-electron chi connectivity index (χ1n) is 13.1. The zero-order valence-electron chi connectivity index (χ0n) is 22.7. The Morgan fingerprint density at radius 3 is 1.60 bits per heavy atom. The van der Waals surface area contributed by atoms with Gasteiger partial charge < -0.3 is 18.9 Å². The first-order valence-corrected chi connectivity index (χ1v) is 13.1. The van der Waals surface area contributed by atoms with Gasteiger partial charge in [0.15, 0.2) is 0 Å². The van der Waals surface area contributed by atoms with E-state index in [1.807, 2.05) is 24.3 Å². The molecule has 0 saturated carbocycles. The minimum Gasteiger partial charge on any atom is -0.494 e. The molecule has 0 aliphatic rings. The minimum atomic E-state index is -0.553. The predicted octanol–water partition coefficient (Wildman–Crippen LogP) is 6.55. The predicted molar refractivity (Wildman–Crippen MR) is 155 cm³/mol. The molecule has 0 heterocycles. The molecule has 4 rings (SSSR count). The molecule has 4 aromatic rings. The normalized spacial score (nSPS) is 10.2. The van der Waals surface area contributed by atoms with Gasteiger partial charge in [-0.25, -0.2) is 14.4 Å². The molecule has 4 aromatic carbocycles. The lowest BCUT2D eigenvalue weighted by molar-refractivity contribution is -0.137. The van der Waals surface area contributed by atoms with Gasteiger partial charge in [-0.3, -0.25) is 0 Å². The number of nitriles is 1. The van der Waals surface area contributed by atoms with Crippen molar-refractivity contribution < 1.29 is 33.3 Å². The smallest absolute Gasteiger partial charge is 0.343 e. The molecule has 0 amide bonds. The summed E-state index contributed by atoms with van der Waals surface area (Å²) >= 11 is 0. The number of unbranched alkanes of at least 4 members (excludes halogenated alkanes) is 1. The molecule has 42 heavy (non-hydrogen) atoms. The van der Waals surface area contributed by atoms with E-state index in [0.29, 0.717) is 54.2 Å². The average molecular weight is 562 g/mol. The molecule has 0 fully saturated rings. The second-order valence-corrected chi connectivity index (χ2v) is 8.97. The van der Waals surface area contributed by atoms with Crippen LogP contribution in [0.25, 0.3) is 11.1 Å². The molecule has 0 bridgehead atoms. The zero-order valence-corrected chi connectivity index (χ0v) is 22.7. The summed E-state index contributed by atoms with van der Waals surface area (Å²) in [7, 11) is 0. The second-order valence-electron chi connectivity index (χ2n) is 8.97. The number of carbonyl (C=O) groups excluding carboxylic acids is 3. The molecule has 0 N–H and O–H groups in total. The number of carbonyl (C=O) groups is 3. The van der Waals surface area contributed by atoms with Crippen LogP contribution < -0.4 is 14.2 Å². The van der Waals surface area contributed by atoms with Crippen LogP contribution in [0.1, 0.15) is 39.1 Å². The third kappa shape index (κ3) is 8.41. The van der Waals surface area contributed by atoms with E-state index in [4.69, 9.17) is 24.2 Å². The first-order chi connectivity index (χ1) is 20.4. The highest BCUT2D eigenvalue weighted by atomic mass is 16.5. The Hall–Kier alpha value is -5.68. The summed E-state index contributed by atoms with van der Waals surface area (Å²) < 4.78 is 21.4. The fourth-order valence-electron chi connectivity index (χ4n) is 3.76. The van der Waals surface area contributed by atoms with E-state index in [2.05, 4.69) is 12.6 Å². The maximum absolute atomic E-state index is 12.6. The highest BCUT2D eigenvalue weighted by Gasteiger charge is 2.12. The molecule has 0 aliphatic heterocycles. The van der Waals surface area contributed by atoms with Gasteiger partial charge in [-0.05, 0) is 96.8 Å². The number of hydrogen-bond acceptors (Lipinski definition) is 8. The lowest BCUT2D eigenvalue weighted by atomic mass is 10.0. The summed E-state index contributed by atoms with van der Waals surface area (Å²) in [4.78, 5) is 36.1. The molecule has 0 saturated heterocycles. The fraction of sp³-hybridized carbons (Fsp3) is 0.118. The van der Waals surface area contributed by atoms with E-state index < -0.39 is 17.9 Å². The van der Waals surface area contributed by atoms with E-state index in [-0.39, 0.29) is 5.75 Å². The number of hydrogen-bond donors (Lipinski definition) is 0. The fourth-order valence-corrected chi connectivity index (χ4v) is 3.76. The molecule has 0 unspecified atom stereocenters. The summed E-state index contributed by atoms with van der Waals surface area (Å²) in [5.41, 5.74) is 3.09. The van der Waals surface area contributed by atoms with E-state index in [0.717, 1.165) is 17.2 Å². The quantitative estimate of drug-likeness (QED) is 0.0828. The maximum atomic E-state index is 12.6. The maximum Gasteiger partial charge on any atom is 0.343 e. The van der Waals surface area contributed by atoms with Gasteiger partial charge in [0.1, 0.15) is 17.2 Å². The van der Waals surface area contributed by atoms with Crippen molar-refractivity contribution in [3.05, 3.63) is 126 Å². The van der Waals surface area contributed by atoms with Crippen LogP contribution in [-0.2, 0) is 9.53 Å². The third-order valence-corrected chi connectivity index (χ3v) is 6.02. The number of benzene rings is 4. The van der Waals surface area contributed by atoms with Crippen molar-refractivity contribution in [3.8, 4) is 34.4 Å². The molecule has 210 valence electrons. The summed E-state index contributed by atoms with van der Waals surface area (Å²) in [5.74, 6) is -0.288. The van der Waals surface area contributed by atoms with Crippen molar-refractivity contribution in [3.63, 3.8) is 0 Å². The van der Waals surface area contributed by atoms with Crippen LogP contribution in [0.3, 0.4) is 0 Å². The van der Waals surface area contributed by atoms with Crippen LogP contribution in [-0.4, -0.2) is 31.1 Å². The molecule has 0 aliphatic carbocycles. The van der Waals surface area contributed by atoms with E-state index in [1.54, 1.807) is 48.5 Å². The Bertz CT molecular complexity index is 1570. The van der Waals surface area contributed by atoms with Crippen molar-refractivity contribution in [2.75, 3.05) is 13.2 Å². The van der Waals surface area contributed by atoms with Crippen LogP contribution in [0.5, 0.6) is 17.2 Å². The van der Waals surface area contributed by atoms with Crippen LogP contribution in [0.4, 0.5) is 0 Å². The molecule has 8 heteroatoms. The summed E-state index contributed by atoms with van der Waals surface area (Å²) in [6, 6.07) is 29.0. The minimum absolute atomic E-state index is 0.279. The summed E-state index contributed by atoms with van der Waals surface area (Å²) in [6.45, 7) is 4.08. The van der Waals surface area contributed by atoms with Crippen molar-refractivity contribution >= 4 is 17.9 Å². The van der Waals surface area contributed by atoms with Crippen LogP contribution in [0, 0.1) is 11.3 Å². The lowest BCUT2D eigenvalue weighted by Gasteiger charge is -2.09. The molecule has 0 radical (unpaired) electrons. The highest BCUT2D eigenvalue weighted by molar-refractivity contribution is 5.92. The molecule has 8 nitrogen and oxygen atoms in total. The molecule has 0 aromatic heterocycles. The molecular weight excluding hydrogens is 534 g/mol. The topological polar surface area (TPSA) is 112 Å². The van der Waals surface area contributed by atoms with E-state index in [9.17, 15) is 14.4 Å². The van der Waals surface area contributed by atoms with Crippen molar-refractivity contribution in [2.45, 2.75) is 12.8 Å². The molecular formula is C34H27NO7. The van der Waals surface area contributed by atoms with Gasteiger partial charge in [-0.2, -0.15) is 5.26 Å². The Morgan fingerprint density at radius 2 is 1.10 bits per heavy atom. The second kappa shape index (κ2) is 14.6. The van der Waals surface area contributed by atoms with Crippen molar-refractivity contribution in [2.24, 2.45) is 0 Å². The SMILES string of the molecule is C=CC(=O)OCCCCOc1ccc(C(=O)Oc2ccc(C(=O)Oc3ccc(-c4ccc(C#N)cc4)cc3)cc2)cc1. The number of esters is 3. The largest absolute Gasteiger partial charge is 0.494 e. The Labute approximate surface area is 243 Å². The van der Waals surface area contributed by atoms with Crippen LogP contribution >= 0.6 is 0 Å². The first kappa shape index (κ1) is 29.3. The van der Waals surface area contributed by atoms with Gasteiger partial charge in [0.05, 0.1) is 36.0 Å². The third-order valence-electron chi connectivity index (χ3n) is 6.02. The highest BCUT2D eigenvalue weighted by Crippen LogP contribution is 2.24. The molecule has 0 spiro atoms. The summed E-state index contributed by atoms with van der Waals surface area (Å²) in [5, 5.41) is 8.94. The average Bonchev–Trinajstić information content (AvgIpc) is 3.03. The Kier molecular flexibility index (Phi) is 10.2. The van der Waals surface area contributed by atoms with Crippen molar-refractivity contribution in [1.29, 1.82) is 5.26 Å². The number of nitrogens with zero attached hydrogens (tertiary/aromatic N) is 1. The van der Waals surface area contributed by atoms with Gasteiger partial charge in [0.25, 0.3) is 0 Å². The number of rotatable bonds is 12. The van der Waals surface area contributed by atoms with Gasteiger partial charge in [-0.1, -0.05) is 30.8 Å². The standard InChI is InChI=1S/C34H27NO7/c1-2-32(36)40-22-4-3-21-39-29-15-11-27(12-16-29)33(37)42-31-19-13-28(14-20-31)34(38)41-30-17-9-26(10-18-30)25-7-5-24(23-35)6-8-25/h2,5-20H,1,3-4,21-22H2. The van der Waals surface area contributed by atoms with Crippen LogP contribution in [0.15, 0.2) is 110 Å². The summed E-state index contributed by atoms with van der Waals surface area (Å²) in [6.07, 6.45) is 2.48. The zero-order chi connectivity index (χ0) is 29.7. The van der Waals surface area contributed by atoms with Crippen molar-refractivity contribution in [1.82, 2.24) is 0 Å². The van der Waals surface area contributed by atoms with Gasteiger partial charge in [-0.15, -0.1) is 0 Å². The monoisotopic (exact) mass is 561 g/mol. The van der Waals surface area contributed by atoms with E-state index >= 15 is 0 Å². The van der Waals surface area contributed by atoms with Gasteiger partial charge in [0.2, 0.25) is 0 Å². The van der Waals surface area contributed by atoms with Gasteiger partial charge >= 0.3 is 17.9 Å². The Morgan fingerprint density at radius 1 is 0.643 bits per heavy atom. The molecule has 0 atom stereocenters. The van der Waals surface area contributed by atoms with E-state index in [1.165, 1.54) is 24.3 Å². The van der Waals surface area contributed by atoms with Crippen LogP contribution in [0.2, 0.25) is 0 Å². The number of ether oxygens (including phenoxy) is 4.